The number of aromatic nitrogens is 4. The molecule has 1 atom stereocenters. The van der Waals surface area contributed by atoms with E-state index in [0.29, 0.717) is 37.1 Å². The molecule has 3 rings (SSSR count). The molecular weight excluding hydrogens is 324 g/mol. The van der Waals surface area contributed by atoms with Gasteiger partial charge in [0.25, 0.3) is 0 Å². The molecule has 0 unspecified atom stereocenters. The van der Waals surface area contributed by atoms with E-state index in [-0.39, 0.29) is 11.9 Å². The van der Waals surface area contributed by atoms with Gasteiger partial charge in [-0.2, -0.15) is 4.98 Å². The topological polar surface area (TPSA) is 106 Å². The van der Waals surface area contributed by atoms with Crippen LogP contribution in [-0.2, 0) is 9.53 Å². The molecule has 0 bridgehead atoms. The zero-order valence-electron chi connectivity index (χ0n) is 14.2. The van der Waals surface area contributed by atoms with Gasteiger partial charge in [0.15, 0.2) is 0 Å². The average molecular weight is 346 g/mol. The zero-order chi connectivity index (χ0) is 17.5. The van der Waals surface area contributed by atoms with Gasteiger partial charge in [0.05, 0.1) is 25.4 Å². The fourth-order valence-electron chi connectivity index (χ4n) is 2.88. The maximum atomic E-state index is 12.1. The molecule has 9 nitrogen and oxygen atoms in total. The molecule has 2 aromatic heterocycles. The van der Waals surface area contributed by atoms with Gasteiger partial charge in [-0.3, -0.25) is 14.7 Å². The van der Waals surface area contributed by atoms with Gasteiger partial charge >= 0.3 is 0 Å². The molecule has 1 amide bonds. The van der Waals surface area contributed by atoms with E-state index in [0.717, 1.165) is 25.8 Å². The molecule has 1 fully saturated rings. The summed E-state index contributed by atoms with van der Waals surface area (Å²) in [5.74, 6) is 0.904. The summed E-state index contributed by atoms with van der Waals surface area (Å²) in [6.07, 6.45) is 7.77. The van der Waals surface area contributed by atoms with Gasteiger partial charge in [-0.25, -0.2) is 4.98 Å². The second kappa shape index (κ2) is 8.63. The molecule has 0 spiro atoms. The Kier molecular flexibility index (Phi) is 6.02. The monoisotopic (exact) mass is 346 g/mol. The first-order valence-corrected chi connectivity index (χ1v) is 8.37. The Balaban J connectivity index is 1.67. The van der Waals surface area contributed by atoms with Crippen molar-refractivity contribution in [1.82, 2.24) is 30.3 Å². The summed E-state index contributed by atoms with van der Waals surface area (Å²) in [5.41, 5.74) is 0.567. The first kappa shape index (κ1) is 17.4. The maximum Gasteiger partial charge on any atom is 0.244 e. The minimum absolute atomic E-state index is 0.0300. The van der Waals surface area contributed by atoms with Gasteiger partial charge in [-0.05, 0) is 19.4 Å². The second-order valence-corrected chi connectivity index (χ2v) is 5.87. The maximum absolute atomic E-state index is 12.1. The van der Waals surface area contributed by atoms with Gasteiger partial charge in [-0.1, -0.05) is 11.6 Å². The minimum Gasteiger partial charge on any atom is -0.383 e. The van der Waals surface area contributed by atoms with Crippen LogP contribution in [0.1, 0.15) is 31.2 Å². The zero-order valence-corrected chi connectivity index (χ0v) is 14.2. The van der Waals surface area contributed by atoms with Crippen LogP contribution >= 0.6 is 0 Å². The number of ether oxygens (including phenoxy) is 1. The summed E-state index contributed by atoms with van der Waals surface area (Å²) in [5, 5.41) is 6.85. The van der Waals surface area contributed by atoms with Gasteiger partial charge in [0, 0.05) is 26.0 Å². The molecule has 0 saturated carbocycles. The lowest BCUT2D eigenvalue weighted by Crippen LogP contribution is -2.42. The largest absolute Gasteiger partial charge is 0.383 e. The van der Waals surface area contributed by atoms with Crippen LogP contribution in [0.15, 0.2) is 23.1 Å². The minimum atomic E-state index is -0.0557. The summed E-state index contributed by atoms with van der Waals surface area (Å²) < 4.78 is 10.4. The second-order valence-electron chi connectivity index (χ2n) is 5.87. The molecule has 3 heterocycles. The van der Waals surface area contributed by atoms with Crippen molar-refractivity contribution in [2.24, 2.45) is 0 Å². The molecule has 2 aromatic rings. The van der Waals surface area contributed by atoms with Crippen LogP contribution in [0.25, 0.3) is 11.5 Å². The van der Waals surface area contributed by atoms with E-state index < -0.39 is 0 Å². The number of nitrogens with zero attached hydrogens (tertiary/aromatic N) is 5. The number of piperidine rings is 1. The van der Waals surface area contributed by atoms with Gasteiger partial charge in [0.1, 0.15) is 5.69 Å². The van der Waals surface area contributed by atoms with Crippen LogP contribution in [0.2, 0.25) is 0 Å². The van der Waals surface area contributed by atoms with E-state index in [2.05, 4.69) is 30.3 Å². The number of amides is 1. The number of carbonyl (C=O) groups excluding carboxylic acids is 1. The highest BCUT2D eigenvalue weighted by molar-refractivity contribution is 5.78. The van der Waals surface area contributed by atoms with Crippen molar-refractivity contribution >= 4 is 5.91 Å². The van der Waals surface area contributed by atoms with Gasteiger partial charge in [0.2, 0.25) is 17.6 Å². The van der Waals surface area contributed by atoms with Crippen molar-refractivity contribution in [3.05, 3.63) is 24.5 Å². The average Bonchev–Trinajstić information content (AvgIpc) is 3.13. The lowest BCUT2D eigenvalue weighted by molar-refractivity contribution is -0.123. The summed E-state index contributed by atoms with van der Waals surface area (Å²) in [6, 6.07) is -0.0557. The normalized spacial score (nSPS) is 18.2. The van der Waals surface area contributed by atoms with Gasteiger partial charge in [-0.15, -0.1) is 0 Å². The molecule has 1 aliphatic heterocycles. The predicted molar refractivity (Wildman–Crippen MR) is 88.4 cm³/mol. The van der Waals surface area contributed by atoms with Crippen LogP contribution in [0, 0.1) is 0 Å². The Morgan fingerprint density at radius 2 is 2.36 bits per heavy atom. The number of hydrogen-bond donors (Lipinski definition) is 1. The fourth-order valence-corrected chi connectivity index (χ4v) is 2.88. The van der Waals surface area contributed by atoms with Crippen LogP contribution in [0.3, 0.4) is 0 Å². The third-order valence-electron chi connectivity index (χ3n) is 4.11. The Bertz CT molecular complexity index is 678. The van der Waals surface area contributed by atoms with Crippen molar-refractivity contribution in [2.45, 2.75) is 25.3 Å². The Morgan fingerprint density at radius 3 is 3.16 bits per heavy atom. The summed E-state index contributed by atoms with van der Waals surface area (Å²) >= 11 is 0. The molecule has 0 aliphatic carbocycles. The highest BCUT2D eigenvalue weighted by Crippen LogP contribution is 2.30. The molecule has 9 heteroatoms. The molecule has 25 heavy (non-hydrogen) atoms. The van der Waals surface area contributed by atoms with Crippen molar-refractivity contribution in [2.75, 3.05) is 33.4 Å². The number of rotatable bonds is 7. The molecular formula is C16H22N6O3. The summed E-state index contributed by atoms with van der Waals surface area (Å²) in [6.45, 7) is 2.13. The van der Waals surface area contributed by atoms with Crippen LogP contribution in [0.4, 0.5) is 0 Å². The number of nitrogens with one attached hydrogen (secondary N) is 1. The smallest absolute Gasteiger partial charge is 0.244 e. The standard InChI is InChI=1S/C16H22N6O3/c1-24-9-7-19-14(23)11-22-8-3-2-4-13(22)16-20-15(21-25-16)12-10-17-5-6-18-12/h5-6,10,13H,2-4,7-9,11H2,1H3,(H,19,23)/t13-/m0/s1. The van der Waals surface area contributed by atoms with Crippen molar-refractivity contribution in [1.29, 1.82) is 0 Å². The predicted octanol–water partition coefficient (Wildman–Crippen LogP) is 0.816. The first-order chi connectivity index (χ1) is 12.3. The van der Waals surface area contributed by atoms with E-state index in [1.807, 2.05) is 0 Å². The van der Waals surface area contributed by atoms with E-state index in [1.165, 1.54) is 0 Å². The van der Waals surface area contributed by atoms with Crippen LogP contribution in [0.5, 0.6) is 0 Å². The number of methoxy groups -OCH3 is 1. The first-order valence-electron chi connectivity index (χ1n) is 8.37. The van der Waals surface area contributed by atoms with Crippen LogP contribution < -0.4 is 5.32 Å². The summed E-state index contributed by atoms with van der Waals surface area (Å²) in [7, 11) is 1.61. The molecule has 0 radical (unpaired) electrons. The van der Waals surface area contributed by atoms with Crippen LogP contribution in [-0.4, -0.2) is 64.3 Å². The molecule has 0 aromatic carbocycles. The Labute approximate surface area is 145 Å². The van der Waals surface area contributed by atoms with E-state index in [9.17, 15) is 4.79 Å². The van der Waals surface area contributed by atoms with Crippen molar-refractivity contribution < 1.29 is 14.1 Å². The molecule has 1 N–H and O–H groups in total. The number of hydrogen-bond acceptors (Lipinski definition) is 8. The van der Waals surface area contributed by atoms with E-state index in [4.69, 9.17) is 9.26 Å². The fraction of sp³-hybridized carbons (Fsp3) is 0.562. The summed E-state index contributed by atoms with van der Waals surface area (Å²) in [4.78, 5) is 26.8. The third-order valence-corrected chi connectivity index (χ3v) is 4.11. The quantitative estimate of drug-likeness (QED) is 0.734. The molecule has 1 saturated heterocycles. The van der Waals surface area contributed by atoms with Gasteiger partial charge < -0.3 is 14.6 Å². The SMILES string of the molecule is COCCNC(=O)CN1CCCC[C@H]1c1nc(-c2cnccn2)no1. The lowest BCUT2D eigenvalue weighted by Gasteiger charge is -2.32. The highest BCUT2D eigenvalue weighted by Gasteiger charge is 2.30. The molecule has 1 aliphatic rings. The number of carbonyl (C=O) groups is 1. The van der Waals surface area contributed by atoms with Crippen molar-refractivity contribution in [3.8, 4) is 11.5 Å². The Hall–Kier alpha value is -2.39. The van der Waals surface area contributed by atoms with E-state index in [1.54, 1.807) is 25.7 Å². The third kappa shape index (κ3) is 4.58. The Morgan fingerprint density at radius 1 is 1.44 bits per heavy atom. The number of likely N-dealkylation sites (tertiary alicyclic amines) is 1. The van der Waals surface area contributed by atoms with Crippen molar-refractivity contribution in [3.63, 3.8) is 0 Å². The lowest BCUT2D eigenvalue weighted by atomic mass is 10.0. The highest BCUT2D eigenvalue weighted by atomic mass is 16.5. The molecule has 134 valence electrons. The van der Waals surface area contributed by atoms with E-state index >= 15 is 0 Å².